The van der Waals surface area contributed by atoms with Gasteiger partial charge in [0.1, 0.15) is 0 Å². The Bertz CT molecular complexity index is 239. The summed E-state index contributed by atoms with van der Waals surface area (Å²) in [6.45, 7) is 4.24. The van der Waals surface area contributed by atoms with Crippen molar-refractivity contribution in [2.24, 2.45) is 0 Å². The minimum absolute atomic E-state index is 0.474. The highest BCUT2D eigenvalue weighted by atomic mass is 16.1. The number of H-pyrrole nitrogens is 1. The Morgan fingerprint density at radius 2 is 2.45 bits per heavy atom. The molecule has 0 saturated carbocycles. The van der Waals surface area contributed by atoms with E-state index in [1.165, 1.54) is 0 Å². The number of aromatic amines is 1. The predicted octanol–water partition coefficient (Wildman–Crippen LogP) is 2.34. The number of hydrogen-bond donors (Lipinski definition) is 1. The van der Waals surface area contributed by atoms with Crippen LogP contribution in [-0.4, -0.2) is 11.3 Å². The maximum Gasteiger partial charge on any atom is 0.166 e. The van der Waals surface area contributed by atoms with Crippen LogP contribution in [0.2, 0.25) is 0 Å². The first-order chi connectivity index (χ1) is 5.29. The van der Waals surface area contributed by atoms with Crippen LogP contribution in [0.25, 0.3) is 0 Å². The van der Waals surface area contributed by atoms with Gasteiger partial charge in [-0.15, -0.1) is 0 Å². The molecule has 1 heterocycles. The zero-order valence-corrected chi connectivity index (χ0v) is 6.92. The van der Waals surface area contributed by atoms with Crippen molar-refractivity contribution in [3.05, 3.63) is 23.5 Å². The minimum atomic E-state index is 0.474. The van der Waals surface area contributed by atoms with Gasteiger partial charge in [0.15, 0.2) is 6.29 Å². The van der Waals surface area contributed by atoms with Crippen molar-refractivity contribution in [1.82, 2.24) is 4.98 Å². The molecule has 0 amide bonds. The first-order valence-corrected chi connectivity index (χ1v) is 3.92. The molecule has 0 spiro atoms. The second kappa shape index (κ2) is 3.37. The van der Waals surface area contributed by atoms with Crippen LogP contribution in [0.5, 0.6) is 0 Å². The van der Waals surface area contributed by atoms with Crippen LogP contribution in [0, 0.1) is 0 Å². The zero-order chi connectivity index (χ0) is 8.27. The Labute approximate surface area is 66.6 Å². The molecule has 0 aromatic carbocycles. The lowest BCUT2D eigenvalue weighted by Gasteiger charge is -2.05. The molecule has 1 N–H and O–H groups in total. The average Bonchev–Trinajstić information content (AvgIpc) is 2.50. The van der Waals surface area contributed by atoms with Crippen molar-refractivity contribution in [1.29, 1.82) is 0 Å². The third-order valence-electron chi connectivity index (χ3n) is 2.07. The van der Waals surface area contributed by atoms with Gasteiger partial charge in [-0.1, -0.05) is 13.8 Å². The van der Waals surface area contributed by atoms with Crippen molar-refractivity contribution in [3.63, 3.8) is 0 Å². The summed E-state index contributed by atoms with van der Waals surface area (Å²) < 4.78 is 0. The standard InChI is InChI=1S/C9H13NO/c1-3-7(2)8-4-5-10-9(8)6-11/h4-7,10H,3H2,1-2H3/t7-/m0/s1. The van der Waals surface area contributed by atoms with Gasteiger partial charge in [-0.3, -0.25) is 4.79 Å². The molecule has 0 saturated heterocycles. The molecule has 1 atom stereocenters. The third-order valence-corrected chi connectivity index (χ3v) is 2.07. The summed E-state index contributed by atoms with van der Waals surface area (Å²) >= 11 is 0. The molecule has 0 aliphatic heterocycles. The zero-order valence-electron chi connectivity index (χ0n) is 6.92. The molecule has 1 rings (SSSR count). The van der Waals surface area contributed by atoms with Crippen LogP contribution >= 0.6 is 0 Å². The quantitative estimate of drug-likeness (QED) is 0.661. The molecule has 11 heavy (non-hydrogen) atoms. The number of rotatable bonds is 3. The summed E-state index contributed by atoms with van der Waals surface area (Å²) in [7, 11) is 0. The van der Waals surface area contributed by atoms with Crippen molar-refractivity contribution in [2.75, 3.05) is 0 Å². The van der Waals surface area contributed by atoms with Crippen molar-refractivity contribution >= 4 is 6.29 Å². The molecule has 60 valence electrons. The largest absolute Gasteiger partial charge is 0.359 e. The number of nitrogens with one attached hydrogen (secondary N) is 1. The molecule has 2 nitrogen and oxygen atoms in total. The molecule has 0 fully saturated rings. The van der Waals surface area contributed by atoms with Crippen LogP contribution in [0.1, 0.15) is 42.2 Å². The van der Waals surface area contributed by atoms with E-state index >= 15 is 0 Å². The monoisotopic (exact) mass is 151 g/mol. The summed E-state index contributed by atoms with van der Waals surface area (Å²) in [4.78, 5) is 13.4. The van der Waals surface area contributed by atoms with E-state index in [0.29, 0.717) is 5.92 Å². The Morgan fingerprint density at radius 3 is 3.00 bits per heavy atom. The van der Waals surface area contributed by atoms with Crippen LogP contribution in [0.15, 0.2) is 12.3 Å². The highest BCUT2D eigenvalue weighted by Gasteiger charge is 2.08. The Balaban J connectivity index is 2.92. The van der Waals surface area contributed by atoms with Gasteiger partial charge in [0, 0.05) is 6.20 Å². The molecular formula is C9H13NO. The lowest BCUT2D eigenvalue weighted by atomic mass is 9.99. The molecular weight excluding hydrogens is 138 g/mol. The molecule has 0 bridgehead atoms. The van der Waals surface area contributed by atoms with E-state index in [2.05, 4.69) is 18.8 Å². The number of hydrogen-bond acceptors (Lipinski definition) is 1. The molecule has 1 aromatic rings. The Hall–Kier alpha value is -1.05. The number of carbonyl (C=O) groups excluding carboxylic acids is 1. The highest BCUT2D eigenvalue weighted by molar-refractivity contribution is 5.74. The van der Waals surface area contributed by atoms with Crippen LogP contribution < -0.4 is 0 Å². The maximum absolute atomic E-state index is 10.5. The van der Waals surface area contributed by atoms with E-state index in [4.69, 9.17) is 0 Å². The van der Waals surface area contributed by atoms with Crippen molar-refractivity contribution in [2.45, 2.75) is 26.2 Å². The van der Waals surface area contributed by atoms with E-state index in [1.807, 2.05) is 12.3 Å². The molecule has 2 heteroatoms. The molecule has 0 aliphatic rings. The van der Waals surface area contributed by atoms with Gasteiger partial charge in [-0.25, -0.2) is 0 Å². The Morgan fingerprint density at radius 1 is 1.73 bits per heavy atom. The predicted molar refractivity (Wildman–Crippen MR) is 44.9 cm³/mol. The van der Waals surface area contributed by atoms with Crippen molar-refractivity contribution in [3.8, 4) is 0 Å². The van der Waals surface area contributed by atoms with Gasteiger partial charge < -0.3 is 4.98 Å². The number of aromatic nitrogens is 1. The lowest BCUT2D eigenvalue weighted by Crippen LogP contribution is -1.94. The maximum atomic E-state index is 10.5. The second-order valence-electron chi connectivity index (χ2n) is 2.77. The SMILES string of the molecule is CC[C@H](C)c1cc[nH]c1C=O. The fourth-order valence-electron chi connectivity index (χ4n) is 1.15. The van der Waals surface area contributed by atoms with Gasteiger partial charge in [-0.05, 0) is 24.0 Å². The van der Waals surface area contributed by atoms with Crippen LogP contribution in [0.4, 0.5) is 0 Å². The normalized spacial score (nSPS) is 12.9. The van der Waals surface area contributed by atoms with Crippen LogP contribution in [0.3, 0.4) is 0 Å². The van der Waals surface area contributed by atoms with E-state index in [-0.39, 0.29) is 0 Å². The van der Waals surface area contributed by atoms with E-state index in [9.17, 15) is 4.79 Å². The molecule has 0 unspecified atom stereocenters. The summed E-state index contributed by atoms with van der Waals surface area (Å²) in [5.41, 5.74) is 1.85. The lowest BCUT2D eigenvalue weighted by molar-refractivity contribution is 0.111. The summed E-state index contributed by atoms with van der Waals surface area (Å²) in [6, 6.07) is 1.97. The fraction of sp³-hybridized carbons (Fsp3) is 0.444. The number of aldehydes is 1. The summed E-state index contributed by atoms with van der Waals surface area (Å²) in [5, 5.41) is 0. The smallest absolute Gasteiger partial charge is 0.166 e. The molecule has 0 radical (unpaired) electrons. The van der Waals surface area contributed by atoms with Gasteiger partial charge in [0.25, 0.3) is 0 Å². The molecule has 0 aliphatic carbocycles. The fourth-order valence-corrected chi connectivity index (χ4v) is 1.15. The van der Waals surface area contributed by atoms with Gasteiger partial charge in [-0.2, -0.15) is 0 Å². The average molecular weight is 151 g/mol. The summed E-state index contributed by atoms with van der Waals surface area (Å²) in [5.74, 6) is 0.474. The third kappa shape index (κ3) is 1.50. The van der Waals surface area contributed by atoms with E-state index in [0.717, 1.165) is 24.0 Å². The summed E-state index contributed by atoms with van der Waals surface area (Å²) in [6.07, 6.45) is 3.76. The first kappa shape index (κ1) is 8.05. The van der Waals surface area contributed by atoms with E-state index in [1.54, 1.807) is 0 Å². The second-order valence-corrected chi connectivity index (χ2v) is 2.77. The first-order valence-electron chi connectivity index (χ1n) is 3.92. The van der Waals surface area contributed by atoms with Crippen molar-refractivity contribution < 1.29 is 4.79 Å². The number of carbonyl (C=O) groups is 1. The van der Waals surface area contributed by atoms with Gasteiger partial charge >= 0.3 is 0 Å². The van der Waals surface area contributed by atoms with Gasteiger partial charge in [0.2, 0.25) is 0 Å². The molecule has 1 aromatic heterocycles. The Kier molecular flexibility index (Phi) is 2.47. The topological polar surface area (TPSA) is 32.9 Å². The van der Waals surface area contributed by atoms with Crippen LogP contribution in [-0.2, 0) is 0 Å². The highest BCUT2D eigenvalue weighted by Crippen LogP contribution is 2.20. The van der Waals surface area contributed by atoms with E-state index < -0.39 is 0 Å². The minimum Gasteiger partial charge on any atom is -0.359 e. The van der Waals surface area contributed by atoms with Gasteiger partial charge in [0.05, 0.1) is 5.69 Å².